The monoisotopic (exact) mass is 526 g/mol. The number of ether oxygens (including phenoxy) is 1. The highest BCUT2D eigenvalue weighted by Gasteiger charge is 2.31. The Morgan fingerprint density at radius 1 is 1.08 bits per heavy atom. The summed E-state index contributed by atoms with van der Waals surface area (Å²) < 4.78 is 19.9. The molecule has 0 bridgehead atoms. The number of carbonyl (C=O) groups excluding carboxylic acids is 3. The van der Waals surface area contributed by atoms with Gasteiger partial charge in [-0.15, -0.1) is 0 Å². The third-order valence-electron chi connectivity index (χ3n) is 6.83. The second kappa shape index (κ2) is 10.9. The van der Waals surface area contributed by atoms with Crippen LogP contribution in [0.25, 0.3) is 10.9 Å². The lowest BCUT2D eigenvalue weighted by molar-refractivity contribution is -0.121. The molecule has 0 aliphatic carbocycles. The number of nitrogens with zero attached hydrogens (tertiary/aromatic N) is 1. The lowest BCUT2D eigenvalue weighted by Crippen LogP contribution is -2.37. The molecule has 3 aromatic carbocycles. The normalized spacial score (nSPS) is 15.3. The molecular formula is C30H27FN4O4. The van der Waals surface area contributed by atoms with Crippen LogP contribution in [0, 0.1) is 5.82 Å². The maximum atomic E-state index is 14.8. The molecule has 0 saturated heterocycles. The summed E-state index contributed by atoms with van der Waals surface area (Å²) in [5.74, 6) is -1.02. The molecule has 0 radical (unpaired) electrons. The zero-order valence-electron chi connectivity index (χ0n) is 21.5. The van der Waals surface area contributed by atoms with Crippen molar-refractivity contribution in [2.45, 2.75) is 32.4 Å². The van der Waals surface area contributed by atoms with Crippen LogP contribution in [0.4, 0.5) is 4.39 Å². The van der Waals surface area contributed by atoms with Gasteiger partial charge >= 0.3 is 0 Å². The molecule has 5 rings (SSSR count). The van der Waals surface area contributed by atoms with Crippen molar-refractivity contribution in [2.24, 2.45) is 0 Å². The number of Topliss-reactive ketones (excluding diaryl/α,β-unsaturated/α-hetero) is 1. The Bertz CT molecular complexity index is 1610. The molecule has 8 nitrogen and oxygen atoms in total. The summed E-state index contributed by atoms with van der Waals surface area (Å²) in [6.07, 6.45) is 1.91. The average Bonchev–Trinajstić information content (AvgIpc) is 3.40. The van der Waals surface area contributed by atoms with Gasteiger partial charge in [-0.2, -0.15) is 5.10 Å². The number of carbonyl (C=O) groups is 3. The van der Waals surface area contributed by atoms with E-state index in [1.807, 2.05) is 18.2 Å². The Hall–Kier alpha value is -4.79. The Morgan fingerprint density at radius 2 is 1.85 bits per heavy atom. The van der Waals surface area contributed by atoms with Crippen molar-refractivity contribution in [3.05, 3.63) is 106 Å². The molecule has 2 amide bonds. The highest BCUT2D eigenvalue weighted by atomic mass is 19.1. The lowest BCUT2D eigenvalue weighted by atomic mass is 9.85. The molecule has 1 aromatic heterocycles. The maximum absolute atomic E-state index is 14.8. The van der Waals surface area contributed by atoms with Gasteiger partial charge in [-0.3, -0.25) is 19.5 Å². The van der Waals surface area contributed by atoms with Gasteiger partial charge in [-0.25, -0.2) is 4.39 Å². The topological polar surface area (TPSA) is 113 Å². The van der Waals surface area contributed by atoms with Crippen LogP contribution in [0.3, 0.4) is 0 Å². The number of benzene rings is 3. The van der Waals surface area contributed by atoms with Crippen LogP contribution in [0.5, 0.6) is 5.75 Å². The van der Waals surface area contributed by atoms with E-state index < -0.39 is 17.8 Å². The number of nitrogens with one attached hydrogen (secondary N) is 3. The Morgan fingerprint density at radius 3 is 2.62 bits per heavy atom. The first kappa shape index (κ1) is 25.8. The SMILES string of the molecule is COc1ccc(CNC(=O)c2cc(C3NC(=O)CC(C)=C3C(=O)Cc3ccc4[nH]ncc4c3)ccc2F)cc1. The number of hydrogen-bond acceptors (Lipinski definition) is 5. The van der Waals surface area contributed by atoms with Gasteiger partial charge in [0.2, 0.25) is 5.91 Å². The van der Waals surface area contributed by atoms with Crippen LogP contribution < -0.4 is 15.4 Å². The number of hydrogen-bond donors (Lipinski definition) is 3. The first-order chi connectivity index (χ1) is 18.8. The third kappa shape index (κ3) is 5.57. The van der Waals surface area contributed by atoms with Crippen LogP contribution in [-0.4, -0.2) is 34.9 Å². The predicted molar refractivity (Wildman–Crippen MR) is 144 cm³/mol. The van der Waals surface area contributed by atoms with Gasteiger partial charge in [-0.05, 0) is 60.0 Å². The van der Waals surface area contributed by atoms with E-state index in [2.05, 4.69) is 20.8 Å². The number of amides is 2. The van der Waals surface area contributed by atoms with E-state index in [-0.39, 0.29) is 36.6 Å². The van der Waals surface area contributed by atoms with Gasteiger partial charge in [0.1, 0.15) is 11.6 Å². The summed E-state index contributed by atoms with van der Waals surface area (Å²) in [7, 11) is 1.57. The Balaban J connectivity index is 1.38. The van der Waals surface area contributed by atoms with Crippen LogP contribution in [0.15, 0.2) is 78.0 Å². The molecule has 39 heavy (non-hydrogen) atoms. The third-order valence-corrected chi connectivity index (χ3v) is 6.83. The van der Waals surface area contributed by atoms with Crippen molar-refractivity contribution >= 4 is 28.5 Å². The van der Waals surface area contributed by atoms with Crippen LogP contribution in [-0.2, 0) is 22.6 Å². The molecule has 4 aromatic rings. The largest absolute Gasteiger partial charge is 0.497 e. The van der Waals surface area contributed by atoms with Crippen molar-refractivity contribution in [2.75, 3.05) is 7.11 Å². The fourth-order valence-electron chi connectivity index (χ4n) is 4.82. The molecule has 0 spiro atoms. The molecule has 198 valence electrons. The molecule has 0 fully saturated rings. The number of aromatic nitrogens is 2. The molecule has 1 atom stereocenters. The molecule has 1 aliphatic rings. The van der Waals surface area contributed by atoms with E-state index in [9.17, 15) is 18.8 Å². The zero-order chi connectivity index (χ0) is 27.5. The maximum Gasteiger partial charge on any atom is 0.254 e. The van der Waals surface area contributed by atoms with Crippen LogP contribution in [0.2, 0.25) is 0 Å². The summed E-state index contributed by atoms with van der Waals surface area (Å²) in [5.41, 5.74) is 3.87. The first-order valence-corrected chi connectivity index (χ1v) is 12.5. The Kier molecular flexibility index (Phi) is 7.23. The van der Waals surface area contributed by atoms with Gasteiger partial charge in [0.15, 0.2) is 5.78 Å². The minimum absolute atomic E-state index is 0.0920. The minimum Gasteiger partial charge on any atom is -0.497 e. The molecule has 1 aliphatic heterocycles. The standard InChI is InChI=1S/C30H27FN4O4/c1-17-11-27(37)34-29(28(17)26(36)13-19-5-10-25-21(12-19)16-33-35-25)20-6-9-24(31)23(14-20)30(38)32-15-18-3-7-22(39-2)8-4-18/h3-10,12,14,16,29H,11,13,15H2,1-2H3,(H,32,38)(H,33,35)(H,34,37). The lowest BCUT2D eigenvalue weighted by Gasteiger charge is -2.28. The second-order valence-corrected chi connectivity index (χ2v) is 9.53. The highest BCUT2D eigenvalue weighted by molar-refractivity contribution is 6.02. The number of rotatable bonds is 8. The quantitative estimate of drug-likeness (QED) is 0.316. The van der Waals surface area contributed by atoms with E-state index in [0.29, 0.717) is 22.5 Å². The summed E-state index contributed by atoms with van der Waals surface area (Å²) in [6.45, 7) is 1.95. The Labute approximate surface area is 224 Å². The van der Waals surface area contributed by atoms with E-state index >= 15 is 0 Å². The van der Waals surface area contributed by atoms with E-state index in [1.54, 1.807) is 44.5 Å². The summed E-state index contributed by atoms with van der Waals surface area (Å²) in [4.78, 5) is 38.9. The van der Waals surface area contributed by atoms with Gasteiger partial charge in [0, 0.05) is 30.3 Å². The summed E-state index contributed by atoms with van der Waals surface area (Å²) in [6, 6.07) is 16.0. The summed E-state index contributed by atoms with van der Waals surface area (Å²) >= 11 is 0. The zero-order valence-corrected chi connectivity index (χ0v) is 21.5. The van der Waals surface area contributed by atoms with Crippen LogP contribution >= 0.6 is 0 Å². The fourth-order valence-corrected chi connectivity index (χ4v) is 4.82. The predicted octanol–water partition coefficient (Wildman–Crippen LogP) is 4.33. The first-order valence-electron chi connectivity index (χ1n) is 12.5. The average molecular weight is 527 g/mol. The fraction of sp³-hybridized carbons (Fsp3) is 0.200. The number of ketones is 1. The van der Waals surface area contributed by atoms with Crippen molar-refractivity contribution in [1.82, 2.24) is 20.8 Å². The van der Waals surface area contributed by atoms with Crippen molar-refractivity contribution in [1.29, 1.82) is 0 Å². The number of aromatic amines is 1. The molecule has 0 saturated carbocycles. The number of methoxy groups -OCH3 is 1. The minimum atomic E-state index is -0.801. The van der Waals surface area contributed by atoms with Gasteiger partial charge in [0.05, 0.1) is 30.4 Å². The van der Waals surface area contributed by atoms with E-state index in [1.165, 1.54) is 18.2 Å². The van der Waals surface area contributed by atoms with Gasteiger partial charge in [0.25, 0.3) is 5.91 Å². The number of H-pyrrole nitrogens is 1. The van der Waals surface area contributed by atoms with Crippen molar-refractivity contribution in [3.63, 3.8) is 0 Å². The second-order valence-electron chi connectivity index (χ2n) is 9.53. The van der Waals surface area contributed by atoms with E-state index in [0.717, 1.165) is 22.0 Å². The van der Waals surface area contributed by atoms with Gasteiger partial charge < -0.3 is 15.4 Å². The van der Waals surface area contributed by atoms with Crippen molar-refractivity contribution in [3.8, 4) is 5.75 Å². The van der Waals surface area contributed by atoms with Crippen LogP contribution in [0.1, 0.15) is 46.4 Å². The molecule has 9 heteroatoms. The highest BCUT2D eigenvalue weighted by Crippen LogP contribution is 2.32. The molecule has 1 unspecified atom stereocenters. The molecule has 2 heterocycles. The van der Waals surface area contributed by atoms with E-state index in [4.69, 9.17) is 4.74 Å². The number of halogens is 1. The smallest absolute Gasteiger partial charge is 0.254 e. The molecule has 3 N–H and O–H groups in total. The van der Waals surface area contributed by atoms with Gasteiger partial charge in [-0.1, -0.05) is 29.8 Å². The number of fused-ring (bicyclic) bond motifs is 1. The molecular weight excluding hydrogens is 499 g/mol. The summed E-state index contributed by atoms with van der Waals surface area (Å²) in [5, 5.41) is 13.4. The van der Waals surface area contributed by atoms with Crippen molar-refractivity contribution < 1.29 is 23.5 Å².